The van der Waals surface area contributed by atoms with E-state index < -0.39 is 28.5 Å². The monoisotopic (exact) mass is 589 g/mol. The van der Waals surface area contributed by atoms with Gasteiger partial charge >= 0.3 is 0 Å². The third-order valence-electron chi connectivity index (χ3n) is 6.35. The van der Waals surface area contributed by atoms with Crippen molar-refractivity contribution >= 4 is 50.7 Å². The Bertz CT molecular complexity index is 1400. The molecule has 0 aliphatic rings. The van der Waals surface area contributed by atoms with Gasteiger partial charge in [0.25, 0.3) is 10.0 Å². The van der Waals surface area contributed by atoms with Crippen molar-refractivity contribution in [3.8, 4) is 0 Å². The number of hydrogen-bond acceptors (Lipinski definition) is 4. The highest BCUT2D eigenvalue weighted by Gasteiger charge is 2.33. The maximum Gasteiger partial charge on any atom is 0.264 e. The molecule has 0 aromatic heterocycles. The lowest BCUT2D eigenvalue weighted by atomic mass is 10.1. The van der Waals surface area contributed by atoms with Crippen LogP contribution in [0, 0.1) is 6.92 Å². The summed E-state index contributed by atoms with van der Waals surface area (Å²) >= 11 is 12.5. The second-order valence-corrected chi connectivity index (χ2v) is 11.9. The second-order valence-electron chi connectivity index (χ2n) is 9.19. The highest BCUT2D eigenvalue weighted by Crippen LogP contribution is 2.28. The van der Waals surface area contributed by atoms with Crippen molar-refractivity contribution in [1.29, 1.82) is 0 Å². The van der Waals surface area contributed by atoms with Crippen molar-refractivity contribution < 1.29 is 18.0 Å². The molecule has 2 amide bonds. The lowest BCUT2D eigenvalue weighted by Gasteiger charge is -2.32. The average Bonchev–Trinajstić information content (AvgIpc) is 2.92. The van der Waals surface area contributed by atoms with Crippen LogP contribution in [0.5, 0.6) is 0 Å². The molecule has 0 fully saturated rings. The van der Waals surface area contributed by atoms with Crippen molar-refractivity contribution in [3.63, 3.8) is 0 Å². The first kappa shape index (κ1) is 30.5. The van der Waals surface area contributed by atoms with Gasteiger partial charge in [-0.3, -0.25) is 13.9 Å². The highest BCUT2D eigenvalue weighted by atomic mass is 35.5. The van der Waals surface area contributed by atoms with Gasteiger partial charge in [0.1, 0.15) is 12.6 Å². The first-order valence-corrected chi connectivity index (χ1v) is 14.9. The van der Waals surface area contributed by atoms with Crippen LogP contribution in [0.1, 0.15) is 37.8 Å². The molecule has 0 saturated carbocycles. The standard InChI is InChI=1S/C29H33Cl2N3O4S/c1-4-5-17-32-29(36)22(3)33(19-23-15-16-24(30)18-26(23)31)28(35)20-34(27-14-10-9-11-21(27)2)39(37,38)25-12-7-6-8-13-25/h6-16,18,22H,4-5,17,19-20H2,1-3H3,(H,32,36)/t22-/m1/s1. The molecule has 10 heteroatoms. The Hall–Kier alpha value is -3.07. The number of nitrogens with zero attached hydrogens (tertiary/aromatic N) is 2. The number of sulfonamides is 1. The molecular weight excluding hydrogens is 557 g/mol. The normalized spacial score (nSPS) is 12.0. The Labute approximate surface area is 240 Å². The van der Waals surface area contributed by atoms with Gasteiger partial charge in [-0.1, -0.05) is 79.0 Å². The second kappa shape index (κ2) is 13.8. The third kappa shape index (κ3) is 7.75. The molecule has 0 bridgehead atoms. The number of carbonyl (C=O) groups is 2. The Balaban J connectivity index is 2.02. The SMILES string of the molecule is CCCCNC(=O)[C@@H](C)N(Cc1ccc(Cl)cc1Cl)C(=O)CN(c1ccccc1C)S(=O)(=O)c1ccccc1. The topological polar surface area (TPSA) is 86.8 Å². The number of unbranched alkanes of at least 4 members (excludes halogenated alkanes) is 1. The summed E-state index contributed by atoms with van der Waals surface area (Å²) in [5, 5.41) is 3.64. The first-order chi connectivity index (χ1) is 18.6. The number of amides is 2. The summed E-state index contributed by atoms with van der Waals surface area (Å²) in [6.07, 6.45) is 1.70. The molecule has 3 aromatic rings. The van der Waals surface area contributed by atoms with Gasteiger partial charge in [-0.05, 0) is 61.7 Å². The number of anilines is 1. The van der Waals surface area contributed by atoms with Gasteiger partial charge in [0.15, 0.2) is 0 Å². The summed E-state index contributed by atoms with van der Waals surface area (Å²) in [4.78, 5) is 28.4. The van der Waals surface area contributed by atoms with Crippen LogP contribution in [0.4, 0.5) is 5.69 Å². The maximum atomic E-state index is 13.9. The summed E-state index contributed by atoms with van der Waals surface area (Å²) in [6.45, 7) is 5.36. The smallest absolute Gasteiger partial charge is 0.264 e. The minimum absolute atomic E-state index is 0.00973. The van der Waals surface area contributed by atoms with Gasteiger partial charge in [-0.25, -0.2) is 8.42 Å². The van der Waals surface area contributed by atoms with E-state index in [0.29, 0.717) is 33.4 Å². The summed E-state index contributed by atoms with van der Waals surface area (Å²) in [7, 11) is -4.11. The first-order valence-electron chi connectivity index (χ1n) is 12.7. The van der Waals surface area contributed by atoms with Crippen molar-refractivity contribution in [2.45, 2.75) is 51.1 Å². The van der Waals surface area contributed by atoms with E-state index in [2.05, 4.69) is 5.32 Å². The molecule has 1 N–H and O–H groups in total. The van der Waals surface area contributed by atoms with Gasteiger partial charge in [-0.2, -0.15) is 0 Å². The number of para-hydroxylation sites is 1. The molecule has 3 rings (SSSR count). The van der Waals surface area contributed by atoms with Crippen LogP contribution in [0.15, 0.2) is 77.7 Å². The van der Waals surface area contributed by atoms with Crippen LogP contribution >= 0.6 is 23.2 Å². The number of aryl methyl sites for hydroxylation is 1. The van der Waals surface area contributed by atoms with Crippen molar-refractivity contribution in [2.75, 3.05) is 17.4 Å². The molecule has 208 valence electrons. The molecule has 0 aliphatic carbocycles. The fraction of sp³-hybridized carbons (Fsp3) is 0.310. The van der Waals surface area contributed by atoms with E-state index in [4.69, 9.17) is 23.2 Å². The van der Waals surface area contributed by atoms with Gasteiger partial charge < -0.3 is 10.2 Å². The molecule has 0 aliphatic heterocycles. The summed E-state index contributed by atoms with van der Waals surface area (Å²) in [6, 6.07) is 18.9. The Morgan fingerprint density at radius 1 is 0.974 bits per heavy atom. The Morgan fingerprint density at radius 2 is 1.64 bits per heavy atom. The number of halogens is 2. The quantitative estimate of drug-likeness (QED) is 0.269. The van der Waals surface area contributed by atoms with Gasteiger partial charge in [0, 0.05) is 23.1 Å². The minimum atomic E-state index is -4.11. The Morgan fingerprint density at radius 3 is 2.28 bits per heavy atom. The zero-order valence-electron chi connectivity index (χ0n) is 22.2. The molecule has 1 atom stereocenters. The van der Waals surface area contributed by atoms with Crippen molar-refractivity contribution in [1.82, 2.24) is 10.2 Å². The van der Waals surface area contributed by atoms with Crippen LogP contribution in [0.2, 0.25) is 10.0 Å². The van der Waals surface area contributed by atoms with Gasteiger partial charge in [0.2, 0.25) is 11.8 Å². The van der Waals surface area contributed by atoms with Crippen LogP contribution in [-0.4, -0.2) is 44.3 Å². The predicted octanol–water partition coefficient (Wildman–Crippen LogP) is 5.83. The van der Waals surface area contributed by atoms with Crippen molar-refractivity contribution in [2.24, 2.45) is 0 Å². The van der Waals surface area contributed by atoms with E-state index >= 15 is 0 Å². The average molecular weight is 591 g/mol. The van der Waals surface area contributed by atoms with Crippen LogP contribution in [0.3, 0.4) is 0 Å². The third-order valence-corrected chi connectivity index (χ3v) is 8.71. The van der Waals surface area contributed by atoms with Gasteiger partial charge in [0.05, 0.1) is 10.6 Å². The predicted molar refractivity (Wildman–Crippen MR) is 157 cm³/mol. The maximum absolute atomic E-state index is 13.9. The van der Waals surface area contributed by atoms with E-state index in [-0.39, 0.29) is 17.3 Å². The number of nitrogens with one attached hydrogen (secondary N) is 1. The largest absolute Gasteiger partial charge is 0.354 e. The van der Waals surface area contributed by atoms with E-state index in [1.807, 2.05) is 6.92 Å². The molecule has 0 radical (unpaired) electrons. The molecule has 7 nitrogen and oxygen atoms in total. The van der Waals surface area contributed by atoms with Crippen LogP contribution in [0.25, 0.3) is 0 Å². The van der Waals surface area contributed by atoms with E-state index in [1.54, 1.807) is 74.5 Å². The highest BCUT2D eigenvalue weighted by molar-refractivity contribution is 7.92. The lowest BCUT2D eigenvalue weighted by molar-refractivity contribution is -0.139. The molecule has 0 heterocycles. The fourth-order valence-corrected chi connectivity index (χ4v) is 6.00. The number of benzene rings is 3. The Kier molecular flexibility index (Phi) is 10.8. The molecule has 3 aromatic carbocycles. The molecule has 39 heavy (non-hydrogen) atoms. The molecule has 0 saturated heterocycles. The summed E-state index contributed by atoms with van der Waals surface area (Å²) < 4.78 is 28.7. The number of rotatable bonds is 12. The lowest BCUT2D eigenvalue weighted by Crippen LogP contribution is -2.51. The number of carbonyl (C=O) groups excluding carboxylic acids is 2. The van der Waals surface area contributed by atoms with E-state index in [1.165, 1.54) is 17.0 Å². The zero-order valence-corrected chi connectivity index (χ0v) is 24.6. The molecule has 0 unspecified atom stereocenters. The molecule has 0 spiro atoms. The van der Waals surface area contributed by atoms with E-state index in [9.17, 15) is 18.0 Å². The van der Waals surface area contributed by atoms with Crippen LogP contribution in [-0.2, 0) is 26.2 Å². The van der Waals surface area contributed by atoms with Crippen molar-refractivity contribution in [3.05, 3.63) is 94.0 Å². The van der Waals surface area contributed by atoms with E-state index in [0.717, 1.165) is 17.1 Å². The molecular formula is C29H33Cl2N3O4S. The van der Waals surface area contributed by atoms with Gasteiger partial charge in [-0.15, -0.1) is 0 Å². The minimum Gasteiger partial charge on any atom is -0.354 e. The summed E-state index contributed by atoms with van der Waals surface area (Å²) in [5.41, 5.74) is 1.64. The van der Waals surface area contributed by atoms with Crippen LogP contribution < -0.4 is 9.62 Å². The number of hydrogen-bond donors (Lipinski definition) is 1. The zero-order chi connectivity index (χ0) is 28.6. The fourth-order valence-electron chi connectivity index (χ4n) is 4.03. The summed E-state index contributed by atoms with van der Waals surface area (Å²) in [5.74, 6) is -0.892.